The van der Waals surface area contributed by atoms with Crippen LogP contribution < -0.4 is 5.56 Å². The van der Waals surface area contributed by atoms with Gasteiger partial charge in [0, 0.05) is 11.9 Å². The first-order valence-electron chi connectivity index (χ1n) is 5.79. The Labute approximate surface area is 113 Å². The van der Waals surface area contributed by atoms with Crippen molar-refractivity contribution in [3.63, 3.8) is 0 Å². The van der Waals surface area contributed by atoms with Gasteiger partial charge in [-0.15, -0.1) is 0 Å². The first kappa shape index (κ1) is 11.9. The number of rotatable bonds is 2. The molecule has 19 heavy (non-hydrogen) atoms. The Balaban J connectivity index is 2.13. The number of fused-ring (bicyclic) bond motifs is 1. The minimum atomic E-state index is -0.162. The smallest absolute Gasteiger partial charge is 0.263 e. The Bertz CT molecular complexity index is 806. The number of H-pyrrole nitrogens is 1. The van der Waals surface area contributed by atoms with E-state index in [9.17, 15) is 4.79 Å². The molecule has 0 radical (unpaired) electrons. The number of hydrogen-bond acceptors (Lipinski definition) is 3. The van der Waals surface area contributed by atoms with Crippen LogP contribution in [0.2, 0.25) is 5.02 Å². The van der Waals surface area contributed by atoms with E-state index in [1.54, 1.807) is 24.4 Å². The molecule has 0 saturated carbocycles. The van der Waals surface area contributed by atoms with Crippen LogP contribution in [0.4, 0.5) is 0 Å². The third-order valence-corrected chi connectivity index (χ3v) is 3.19. The van der Waals surface area contributed by atoms with Crippen LogP contribution in [0.1, 0.15) is 11.5 Å². The number of nitrogens with zero attached hydrogens (tertiary/aromatic N) is 3. The lowest BCUT2D eigenvalue weighted by molar-refractivity contribution is 0.714. The molecule has 0 unspecified atom stereocenters. The maximum Gasteiger partial charge on any atom is 0.263 e. The summed E-state index contributed by atoms with van der Waals surface area (Å²) >= 11 is 6.06. The second-order valence-electron chi connectivity index (χ2n) is 4.32. The first-order chi connectivity index (χ1) is 9.15. The van der Waals surface area contributed by atoms with Crippen LogP contribution in [0.15, 0.2) is 35.5 Å². The largest absolute Gasteiger partial charge is 0.345 e. The van der Waals surface area contributed by atoms with Crippen LogP contribution in [-0.2, 0) is 6.54 Å². The van der Waals surface area contributed by atoms with Gasteiger partial charge in [-0.3, -0.25) is 9.36 Å². The number of nitrogens with one attached hydrogen (secondary N) is 1. The first-order valence-corrected chi connectivity index (χ1v) is 6.17. The molecule has 1 N–H and O–H groups in total. The van der Waals surface area contributed by atoms with Crippen LogP contribution in [0.5, 0.6) is 0 Å². The Morgan fingerprint density at radius 1 is 1.37 bits per heavy atom. The summed E-state index contributed by atoms with van der Waals surface area (Å²) in [6.45, 7) is 2.26. The molecule has 1 aromatic carbocycles. The third-order valence-electron chi connectivity index (χ3n) is 2.88. The van der Waals surface area contributed by atoms with Gasteiger partial charge in [-0.05, 0) is 19.1 Å². The molecular formula is C13H11ClN4O. The summed E-state index contributed by atoms with van der Waals surface area (Å²) in [5, 5.41) is 0.856. The van der Waals surface area contributed by atoms with E-state index in [0.717, 1.165) is 5.69 Å². The highest BCUT2D eigenvalue weighted by Gasteiger charge is 2.08. The zero-order valence-electron chi connectivity index (χ0n) is 10.2. The van der Waals surface area contributed by atoms with E-state index in [2.05, 4.69) is 15.0 Å². The van der Waals surface area contributed by atoms with Gasteiger partial charge >= 0.3 is 0 Å². The molecule has 3 aromatic rings. The van der Waals surface area contributed by atoms with Crippen LogP contribution in [0.3, 0.4) is 0 Å². The Kier molecular flexibility index (Phi) is 2.83. The molecule has 0 atom stereocenters. The van der Waals surface area contributed by atoms with Crippen LogP contribution in [-0.4, -0.2) is 19.5 Å². The van der Waals surface area contributed by atoms with Crippen molar-refractivity contribution < 1.29 is 0 Å². The fourth-order valence-corrected chi connectivity index (χ4v) is 2.23. The summed E-state index contributed by atoms with van der Waals surface area (Å²) in [5.41, 5.74) is 1.39. The number of imidazole rings is 1. The highest BCUT2D eigenvalue weighted by atomic mass is 35.5. The quantitative estimate of drug-likeness (QED) is 0.779. The number of aryl methyl sites for hydroxylation is 1. The van der Waals surface area contributed by atoms with E-state index < -0.39 is 0 Å². The lowest BCUT2D eigenvalue weighted by Crippen LogP contribution is -2.22. The molecule has 0 aliphatic carbocycles. The number of benzene rings is 1. The third kappa shape index (κ3) is 2.13. The molecule has 3 rings (SSSR count). The highest BCUT2D eigenvalue weighted by molar-refractivity contribution is 6.35. The van der Waals surface area contributed by atoms with Crippen molar-refractivity contribution in [3.8, 4) is 0 Å². The lowest BCUT2D eigenvalue weighted by Gasteiger charge is -2.05. The molecule has 5 nitrogen and oxygen atoms in total. The van der Waals surface area contributed by atoms with Gasteiger partial charge in [0.1, 0.15) is 5.82 Å². The molecule has 0 aliphatic rings. The second kappa shape index (κ2) is 4.51. The topological polar surface area (TPSA) is 63.6 Å². The van der Waals surface area contributed by atoms with Crippen molar-refractivity contribution in [2.45, 2.75) is 13.5 Å². The van der Waals surface area contributed by atoms with E-state index in [4.69, 9.17) is 11.6 Å². The predicted octanol–water partition coefficient (Wildman–Crippen LogP) is 2.13. The van der Waals surface area contributed by atoms with E-state index in [1.807, 2.05) is 6.92 Å². The van der Waals surface area contributed by atoms with Crippen molar-refractivity contribution in [3.05, 3.63) is 57.6 Å². The van der Waals surface area contributed by atoms with Gasteiger partial charge in [-0.2, -0.15) is 0 Å². The minimum absolute atomic E-state index is 0.162. The van der Waals surface area contributed by atoms with Gasteiger partial charge in [-0.25, -0.2) is 9.97 Å². The average Bonchev–Trinajstić information content (AvgIpc) is 2.78. The zero-order valence-corrected chi connectivity index (χ0v) is 11.0. The minimum Gasteiger partial charge on any atom is -0.345 e. The summed E-state index contributed by atoms with van der Waals surface area (Å²) in [6.07, 6.45) is 3.24. The summed E-state index contributed by atoms with van der Waals surface area (Å²) in [7, 11) is 0. The average molecular weight is 275 g/mol. The van der Waals surface area contributed by atoms with E-state index in [-0.39, 0.29) is 5.56 Å². The molecule has 0 fully saturated rings. The number of halogens is 1. The zero-order chi connectivity index (χ0) is 13.4. The molecule has 2 heterocycles. The van der Waals surface area contributed by atoms with E-state index in [1.165, 1.54) is 10.9 Å². The molecule has 0 amide bonds. The summed E-state index contributed by atoms with van der Waals surface area (Å²) < 4.78 is 1.49. The predicted molar refractivity (Wildman–Crippen MR) is 73.4 cm³/mol. The van der Waals surface area contributed by atoms with E-state index >= 15 is 0 Å². The molecular weight excluding hydrogens is 264 g/mol. The van der Waals surface area contributed by atoms with Crippen molar-refractivity contribution >= 4 is 22.5 Å². The molecule has 6 heteroatoms. The van der Waals surface area contributed by atoms with Gasteiger partial charge in [0.15, 0.2) is 0 Å². The van der Waals surface area contributed by atoms with Gasteiger partial charge in [0.2, 0.25) is 0 Å². The number of hydrogen-bond donors (Lipinski definition) is 1. The summed E-state index contributed by atoms with van der Waals surface area (Å²) in [5.74, 6) is 0.716. The highest BCUT2D eigenvalue weighted by Crippen LogP contribution is 2.17. The van der Waals surface area contributed by atoms with Crippen LogP contribution in [0.25, 0.3) is 10.9 Å². The Hall–Kier alpha value is -2.14. The molecule has 0 saturated heterocycles. The van der Waals surface area contributed by atoms with Crippen molar-refractivity contribution in [1.29, 1.82) is 0 Å². The maximum atomic E-state index is 12.4. The molecule has 0 spiro atoms. The van der Waals surface area contributed by atoms with Crippen molar-refractivity contribution in [2.24, 2.45) is 0 Å². The maximum absolute atomic E-state index is 12.4. The van der Waals surface area contributed by atoms with Gasteiger partial charge < -0.3 is 4.98 Å². The van der Waals surface area contributed by atoms with E-state index in [0.29, 0.717) is 28.3 Å². The summed E-state index contributed by atoms with van der Waals surface area (Å²) in [6, 6.07) is 5.23. The van der Waals surface area contributed by atoms with Gasteiger partial charge in [-0.1, -0.05) is 17.7 Å². The van der Waals surface area contributed by atoms with Gasteiger partial charge in [0.25, 0.3) is 5.56 Å². The summed E-state index contributed by atoms with van der Waals surface area (Å²) in [4.78, 5) is 23.9. The normalized spacial score (nSPS) is 11.1. The lowest BCUT2D eigenvalue weighted by atomic mass is 10.2. The fraction of sp³-hybridized carbons (Fsp3) is 0.154. The molecule has 0 bridgehead atoms. The second-order valence-corrected chi connectivity index (χ2v) is 4.73. The Morgan fingerprint density at radius 2 is 2.21 bits per heavy atom. The van der Waals surface area contributed by atoms with Crippen molar-refractivity contribution in [2.75, 3.05) is 0 Å². The number of aromatic amines is 1. The van der Waals surface area contributed by atoms with Crippen LogP contribution >= 0.6 is 11.6 Å². The molecule has 96 valence electrons. The van der Waals surface area contributed by atoms with Gasteiger partial charge in [0.05, 0.1) is 28.8 Å². The van der Waals surface area contributed by atoms with Crippen LogP contribution in [0, 0.1) is 6.92 Å². The Morgan fingerprint density at radius 3 is 2.95 bits per heavy atom. The van der Waals surface area contributed by atoms with Crippen molar-refractivity contribution in [1.82, 2.24) is 19.5 Å². The molecule has 0 aliphatic heterocycles. The molecule has 2 aromatic heterocycles. The fourth-order valence-electron chi connectivity index (χ4n) is 1.98. The SMILES string of the molecule is Cc1cnc(Cn2cnc3cccc(Cl)c3c2=O)[nH]1. The standard InChI is InChI=1S/C13H11ClN4O/c1-8-5-15-11(17-8)6-18-7-16-10-4-2-3-9(14)12(10)13(18)19/h2-5,7H,6H2,1H3,(H,15,17). The monoisotopic (exact) mass is 274 g/mol. The number of aromatic nitrogens is 4.